The number of carbonyl (C=O) groups excluding carboxylic acids is 2. The molecule has 5 nitrogen and oxygen atoms in total. The third-order valence-corrected chi connectivity index (χ3v) is 3.28. The molecule has 1 N–H and O–H groups in total. The number of carboxylic acid groups (broad SMARTS) is 1. The molecule has 7 heteroatoms. The van der Waals surface area contributed by atoms with E-state index in [9.17, 15) is 14.7 Å². The standard InChI is InChI=1S/C14H22NO4.Na.U/c16-11-5-9-15-10-8-13(17)12(15)6-3-1-2-4-7-14(18)19;;/h1,3,11-12,16H,2,4-10H2,(H,18,19);;/q-1;+1;/p-1/b3-1-;;/t12-;;/m0../s1. The van der Waals surface area contributed by atoms with Gasteiger partial charge in [0.15, 0.2) is 5.78 Å². The van der Waals surface area contributed by atoms with Crippen molar-refractivity contribution in [3.05, 3.63) is 18.8 Å². The Bertz CT molecular complexity index is 339. The first-order valence-corrected chi connectivity index (χ1v) is 6.72. The molecule has 0 radical (unpaired) electrons. The Morgan fingerprint density at radius 3 is 2.81 bits per heavy atom. The molecule has 1 heterocycles. The summed E-state index contributed by atoms with van der Waals surface area (Å²) in [7, 11) is 0. The maximum atomic E-state index is 11.7. The predicted molar refractivity (Wildman–Crippen MR) is 68.5 cm³/mol. The van der Waals surface area contributed by atoms with E-state index >= 15 is 0 Å². The van der Waals surface area contributed by atoms with E-state index < -0.39 is 5.97 Å². The van der Waals surface area contributed by atoms with Crippen molar-refractivity contribution in [1.29, 1.82) is 0 Å². The zero-order valence-electron chi connectivity index (χ0n) is 12.6. The maximum Gasteiger partial charge on any atom is 1.00 e. The van der Waals surface area contributed by atoms with Gasteiger partial charge in [-0.15, -0.1) is 6.42 Å². The van der Waals surface area contributed by atoms with Gasteiger partial charge in [0, 0.05) is 50.0 Å². The number of aliphatic hydroxyl groups excluding tert-OH is 1. The molecule has 0 bridgehead atoms. The summed E-state index contributed by atoms with van der Waals surface area (Å²) in [6, 6.07) is -0.0858. The van der Waals surface area contributed by atoms with Gasteiger partial charge in [0.05, 0.1) is 6.04 Å². The van der Waals surface area contributed by atoms with Gasteiger partial charge in [-0.2, -0.15) is 0 Å². The number of aliphatic hydroxyl groups is 1. The number of rotatable bonds is 9. The number of Topliss-reactive ketones (excluding diaryl/α,β-unsaturated/α-hetero) is 1. The Morgan fingerprint density at radius 1 is 1.48 bits per heavy atom. The molecule has 0 saturated carbocycles. The number of unbranched alkanes of at least 4 members (excludes halogenated alkanes) is 1. The van der Waals surface area contributed by atoms with Crippen molar-refractivity contribution >= 4 is 11.8 Å². The Balaban J connectivity index is 0. The van der Waals surface area contributed by atoms with Crippen LogP contribution in [0.15, 0.2) is 12.2 Å². The molecule has 0 aromatic heterocycles. The number of likely N-dealkylation sites (tertiary alicyclic amines) is 1. The van der Waals surface area contributed by atoms with Crippen molar-refractivity contribution in [3.63, 3.8) is 0 Å². The summed E-state index contributed by atoms with van der Waals surface area (Å²) in [6.07, 6.45) is 7.01. The Hall–Kier alpha value is 0.852. The van der Waals surface area contributed by atoms with E-state index in [1.165, 1.54) is 0 Å². The molecule has 1 atom stereocenters. The minimum absolute atomic E-state index is 0. The summed E-state index contributed by atoms with van der Waals surface area (Å²) < 4.78 is 0. The molecule has 0 aromatic carbocycles. The van der Waals surface area contributed by atoms with Crippen LogP contribution < -0.4 is 34.7 Å². The fourth-order valence-electron chi connectivity index (χ4n) is 2.26. The fraction of sp³-hybridized carbons (Fsp3) is 0.643. The van der Waals surface area contributed by atoms with Crippen molar-refractivity contribution in [3.8, 4) is 0 Å². The maximum absolute atomic E-state index is 11.7. The average molecular weight is 528 g/mol. The van der Waals surface area contributed by atoms with Gasteiger partial charge >= 0.3 is 29.6 Å². The van der Waals surface area contributed by atoms with Gasteiger partial charge in [-0.05, 0) is 32.2 Å². The van der Waals surface area contributed by atoms with Crippen LogP contribution in [0.25, 0.3) is 0 Å². The third kappa shape index (κ3) is 10.3. The second-order valence-electron chi connectivity index (χ2n) is 4.71. The van der Waals surface area contributed by atoms with Gasteiger partial charge in [0.2, 0.25) is 0 Å². The molecular formula is C14H21NNaO4U-. The predicted octanol–water partition coefficient (Wildman–Crippen LogP) is -2.58. The van der Waals surface area contributed by atoms with Crippen LogP contribution in [0.1, 0.15) is 38.5 Å². The largest absolute Gasteiger partial charge is 1.00 e. The van der Waals surface area contributed by atoms with Crippen LogP contribution in [-0.2, 0) is 9.59 Å². The van der Waals surface area contributed by atoms with Crippen molar-refractivity contribution in [2.75, 3.05) is 13.1 Å². The first kappa shape index (κ1) is 24.1. The van der Waals surface area contributed by atoms with E-state index in [-0.39, 0.29) is 78.9 Å². The third-order valence-electron chi connectivity index (χ3n) is 3.28. The second kappa shape index (κ2) is 14.4. The van der Waals surface area contributed by atoms with Crippen molar-refractivity contribution in [2.24, 2.45) is 0 Å². The van der Waals surface area contributed by atoms with E-state index in [4.69, 9.17) is 5.11 Å². The van der Waals surface area contributed by atoms with Gasteiger partial charge in [-0.25, -0.2) is 6.61 Å². The average Bonchev–Trinajstić information content (AvgIpc) is 2.72. The molecule has 0 amide bonds. The minimum Gasteiger partial charge on any atom is -0.566 e. The van der Waals surface area contributed by atoms with E-state index in [0.717, 1.165) is 13.2 Å². The van der Waals surface area contributed by atoms with E-state index in [0.29, 0.717) is 38.6 Å². The summed E-state index contributed by atoms with van der Waals surface area (Å²) in [4.78, 5) is 24.0. The van der Waals surface area contributed by atoms with Gasteiger partial charge in [-0.3, -0.25) is 9.69 Å². The molecule has 0 unspecified atom stereocenters. The molecule has 0 aromatic rings. The zero-order valence-corrected chi connectivity index (χ0v) is 18.7. The number of hydrogen-bond donors (Lipinski definition) is 1. The summed E-state index contributed by atoms with van der Waals surface area (Å²) in [5, 5.41) is 18.9. The monoisotopic (exact) mass is 528 g/mol. The molecular weight excluding hydrogens is 507 g/mol. The van der Waals surface area contributed by atoms with Gasteiger partial charge in [0.1, 0.15) is 0 Å². The van der Waals surface area contributed by atoms with E-state index in [1.807, 2.05) is 12.2 Å². The van der Waals surface area contributed by atoms with E-state index in [2.05, 4.69) is 4.90 Å². The topological polar surface area (TPSA) is 80.7 Å². The summed E-state index contributed by atoms with van der Waals surface area (Å²) in [5.74, 6) is -0.775. The molecule has 0 spiro atoms. The first-order valence-electron chi connectivity index (χ1n) is 6.72. The molecule has 112 valence electrons. The normalized spacial score (nSPS) is 18.5. The van der Waals surface area contributed by atoms with Crippen LogP contribution in [0.2, 0.25) is 0 Å². The van der Waals surface area contributed by atoms with Gasteiger partial charge in [0.25, 0.3) is 0 Å². The molecule has 21 heavy (non-hydrogen) atoms. The van der Waals surface area contributed by atoms with Crippen molar-refractivity contribution in [2.45, 2.75) is 44.6 Å². The minimum atomic E-state index is -1.02. The smallest absolute Gasteiger partial charge is 0.566 e. The van der Waals surface area contributed by atoms with E-state index in [1.54, 1.807) is 0 Å². The SMILES string of the molecule is O=C([O-])CCC/C=C\C[C@H]1C(=O)CCN1CC[CH-]O.[Na+].[U]. The molecule has 1 aliphatic heterocycles. The number of ketones is 1. The van der Waals surface area contributed by atoms with Crippen LogP contribution in [0, 0.1) is 37.7 Å². The molecule has 1 fully saturated rings. The molecule has 0 aliphatic carbocycles. The Kier molecular flexibility index (Phi) is 16.6. The fourth-order valence-corrected chi connectivity index (χ4v) is 2.26. The first-order chi connectivity index (χ1) is 9.15. The zero-order chi connectivity index (χ0) is 14.1. The summed E-state index contributed by atoms with van der Waals surface area (Å²) in [6.45, 7) is 2.58. The molecule has 1 rings (SSSR count). The van der Waals surface area contributed by atoms with Gasteiger partial charge in [-0.1, -0.05) is 12.2 Å². The van der Waals surface area contributed by atoms with Gasteiger partial charge < -0.3 is 15.0 Å². The van der Waals surface area contributed by atoms with Crippen LogP contribution in [0.3, 0.4) is 0 Å². The van der Waals surface area contributed by atoms with Crippen molar-refractivity contribution < 1.29 is 80.5 Å². The Labute approximate surface area is 172 Å². The number of carbonyl (C=O) groups is 2. The summed E-state index contributed by atoms with van der Waals surface area (Å²) in [5.41, 5.74) is 0. The number of aliphatic carboxylic acids is 1. The second-order valence-corrected chi connectivity index (χ2v) is 4.71. The number of hydrogen-bond acceptors (Lipinski definition) is 5. The van der Waals surface area contributed by atoms with Crippen LogP contribution in [0.5, 0.6) is 0 Å². The summed E-state index contributed by atoms with van der Waals surface area (Å²) >= 11 is 0. The molecule has 1 saturated heterocycles. The van der Waals surface area contributed by atoms with Crippen molar-refractivity contribution in [1.82, 2.24) is 4.90 Å². The quantitative estimate of drug-likeness (QED) is 0.154. The Morgan fingerprint density at radius 2 is 2.19 bits per heavy atom. The molecule has 1 aliphatic rings. The number of nitrogens with zero attached hydrogens (tertiary/aromatic N) is 1. The number of allylic oxidation sites excluding steroid dienone is 1. The van der Waals surface area contributed by atoms with Crippen LogP contribution in [-0.4, -0.2) is 40.9 Å². The van der Waals surface area contributed by atoms with Crippen LogP contribution >= 0.6 is 0 Å². The van der Waals surface area contributed by atoms with Crippen LogP contribution in [0.4, 0.5) is 0 Å². The number of carboxylic acids is 1.